The average Bonchev–Trinajstić information content (AvgIpc) is 2.75. The maximum atomic E-state index is 13.4. The molecule has 1 heterocycles. The van der Waals surface area contributed by atoms with Crippen LogP contribution in [0.4, 0.5) is 8.78 Å². The van der Waals surface area contributed by atoms with Crippen molar-refractivity contribution in [2.75, 3.05) is 33.2 Å². The van der Waals surface area contributed by atoms with E-state index in [0.29, 0.717) is 5.92 Å². The van der Waals surface area contributed by atoms with E-state index < -0.39 is 17.7 Å². The maximum Gasteiger partial charge on any atom is 0.131 e. The van der Waals surface area contributed by atoms with Crippen molar-refractivity contribution in [3.8, 4) is 0 Å². The molecule has 1 saturated heterocycles. The molecule has 2 atom stereocenters. The summed E-state index contributed by atoms with van der Waals surface area (Å²) in [5, 5.41) is 12.9. The fourth-order valence-electron chi connectivity index (χ4n) is 2.55. The minimum absolute atomic E-state index is 0.165. The van der Waals surface area contributed by atoms with E-state index in [0.717, 1.165) is 38.2 Å². The molecule has 2 N–H and O–H groups in total. The zero-order chi connectivity index (χ0) is 13.8. The molecular formula is C14H20F2N2O. The van der Waals surface area contributed by atoms with Crippen molar-refractivity contribution in [1.29, 1.82) is 0 Å². The van der Waals surface area contributed by atoms with Gasteiger partial charge in [0.15, 0.2) is 0 Å². The fourth-order valence-corrected chi connectivity index (χ4v) is 2.55. The molecule has 0 radical (unpaired) electrons. The Hall–Kier alpha value is -1.04. The summed E-state index contributed by atoms with van der Waals surface area (Å²) in [5.74, 6) is -0.854. The Kier molecular flexibility index (Phi) is 4.85. The van der Waals surface area contributed by atoms with E-state index in [1.54, 1.807) is 0 Å². The molecule has 0 saturated carbocycles. The summed E-state index contributed by atoms with van der Waals surface area (Å²) in [4.78, 5) is 2.25. The van der Waals surface area contributed by atoms with Gasteiger partial charge in [0.1, 0.15) is 11.6 Å². The van der Waals surface area contributed by atoms with E-state index in [-0.39, 0.29) is 12.1 Å². The number of halogens is 2. The van der Waals surface area contributed by atoms with Crippen molar-refractivity contribution in [1.82, 2.24) is 10.2 Å². The summed E-state index contributed by atoms with van der Waals surface area (Å²) in [6.45, 7) is 3.03. The second-order valence-corrected chi connectivity index (χ2v) is 5.23. The normalized spacial score (nSPS) is 21.8. The van der Waals surface area contributed by atoms with Crippen LogP contribution >= 0.6 is 0 Å². The second kappa shape index (κ2) is 6.41. The lowest BCUT2D eigenvalue weighted by Crippen LogP contribution is -2.29. The van der Waals surface area contributed by atoms with Gasteiger partial charge in [0.2, 0.25) is 0 Å². The Balaban J connectivity index is 1.82. The van der Waals surface area contributed by atoms with E-state index in [9.17, 15) is 13.9 Å². The van der Waals surface area contributed by atoms with Gasteiger partial charge in [-0.2, -0.15) is 0 Å². The third kappa shape index (κ3) is 3.72. The number of benzene rings is 1. The van der Waals surface area contributed by atoms with Crippen LogP contribution in [0.2, 0.25) is 0 Å². The van der Waals surface area contributed by atoms with Crippen LogP contribution in [-0.2, 0) is 0 Å². The molecule has 0 aromatic heterocycles. The smallest absolute Gasteiger partial charge is 0.131 e. The zero-order valence-electron chi connectivity index (χ0n) is 11.1. The number of nitrogens with one attached hydrogen (secondary N) is 1. The molecule has 0 bridgehead atoms. The van der Waals surface area contributed by atoms with Gasteiger partial charge in [0.05, 0.1) is 11.7 Å². The van der Waals surface area contributed by atoms with Crippen LogP contribution in [0.3, 0.4) is 0 Å². The van der Waals surface area contributed by atoms with Gasteiger partial charge >= 0.3 is 0 Å². The van der Waals surface area contributed by atoms with Gasteiger partial charge in [0, 0.05) is 13.1 Å². The minimum Gasteiger partial charge on any atom is -0.387 e. The first kappa shape index (κ1) is 14.4. The van der Waals surface area contributed by atoms with Crippen LogP contribution in [0.15, 0.2) is 18.2 Å². The van der Waals surface area contributed by atoms with E-state index in [1.807, 2.05) is 0 Å². The quantitative estimate of drug-likeness (QED) is 0.852. The summed E-state index contributed by atoms with van der Waals surface area (Å²) in [6, 6.07) is 3.61. The molecule has 106 valence electrons. The fraction of sp³-hybridized carbons (Fsp3) is 0.571. The van der Waals surface area contributed by atoms with Crippen LogP contribution in [0.25, 0.3) is 0 Å². The molecular weight excluding hydrogens is 250 g/mol. The topological polar surface area (TPSA) is 35.5 Å². The predicted molar refractivity (Wildman–Crippen MR) is 69.8 cm³/mol. The lowest BCUT2D eigenvalue weighted by atomic mass is 10.1. The maximum absolute atomic E-state index is 13.4. The van der Waals surface area contributed by atoms with Crippen molar-refractivity contribution in [2.24, 2.45) is 5.92 Å². The molecule has 1 aliphatic heterocycles. The molecule has 1 aromatic rings. The highest BCUT2D eigenvalue weighted by molar-refractivity contribution is 5.22. The van der Waals surface area contributed by atoms with Crippen molar-refractivity contribution < 1.29 is 13.9 Å². The number of rotatable bonds is 5. The summed E-state index contributed by atoms with van der Waals surface area (Å²) < 4.78 is 26.9. The Bertz CT molecular complexity index is 408. The van der Waals surface area contributed by atoms with Gasteiger partial charge in [-0.15, -0.1) is 0 Å². The molecule has 0 spiro atoms. The van der Waals surface area contributed by atoms with Crippen molar-refractivity contribution in [3.63, 3.8) is 0 Å². The first-order chi connectivity index (χ1) is 9.08. The van der Waals surface area contributed by atoms with Gasteiger partial charge in [-0.3, -0.25) is 0 Å². The Labute approximate surface area is 112 Å². The monoisotopic (exact) mass is 270 g/mol. The highest BCUT2D eigenvalue weighted by Crippen LogP contribution is 2.20. The van der Waals surface area contributed by atoms with Crippen LogP contribution in [-0.4, -0.2) is 43.2 Å². The van der Waals surface area contributed by atoms with Crippen molar-refractivity contribution in [3.05, 3.63) is 35.4 Å². The number of aliphatic hydroxyl groups is 1. The van der Waals surface area contributed by atoms with E-state index in [2.05, 4.69) is 17.3 Å². The zero-order valence-corrected chi connectivity index (χ0v) is 11.1. The lowest BCUT2D eigenvalue weighted by Gasteiger charge is -2.16. The number of hydrogen-bond donors (Lipinski definition) is 2. The molecule has 1 aromatic carbocycles. The summed E-state index contributed by atoms with van der Waals surface area (Å²) in [6.07, 6.45) is -0.0338. The predicted octanol–water partition coefficient (Wildman–Crippen LogP) is 1.54. The van der Waals surface area contributed by atoms with Crippen LogP contribution in [0, 0.1) is 17.6 Å². The molecule has 2 unspecified atom stereocenters. The van der Waals surface area contributed by atoms with E-state index in [1.165, 1.54) is 6.07 Å². The average molecular weight is 270 g/mol. The van der Waals surface area contributed by atoms with Crippen LogP contribution in [0.1, 0.15) is 18.1 Å². The molecule has 1 fully saturated rings. The van der Waals surface area contributed by atoms with Gasteiger partial charge in [0.25, 0.3) is 0 Å². The Morgan fingerprint density at radius 1 is 1.42 bits per heavy atom. The number of hydrogen-bond acceptors (Lipinski definition) is 3. The Morgan fingerprint density at radius 2 is 2.11 bits per heavy atom. The van der Waals surface area contributed by atoms with Gasteiger partial charge in [-0.05, 0) is 44.6 Å². The van der Waals surface area contributed by atoms with E-state index in [4.69, 9.17) is 0 Å². The largest absolute Gasteiger partial charge is 0.387 e. The Morgan fingerprint density at radius 3 is 2.68 bits per heavy atom. The third-order valence-electron chi connectivity index (χ3n) is 3.59. The number of aliphatic hydroxyl groups excluding tert-OH is 1. The highest BCUT2D eigenvalue weighted by Gasteiger charge is 2.21. The lowest BCUT2D eigenvalue weighted by molar-refractivity contribution is 0.163. The van der Waals surface area contributed by atoms with Crippen LogP contribution < -0.4 is 5.32 Å². The van der Waals surface area contributed by atoms with Gasteiger partial charge in [-0.1, -0.05) is 6.07 Å². The number of likely N-dealkylation sites (tertiary alicyclic amines) is 1. The summed E-state index contributed by atoms with van der Waals surface area (Å²) >= 11 is 0. The molecule has 0 aliphatic carbocycles. The van der Waals surface area contributed by atoms with Crippen LogP contribution in [0.5, 0.6) is 0 Å². The van der Waals surface area contributed by atoms with E-state index >= 15 is 0 Å². The number of nitrogens with zero attached hydrogens (tertiary/aromatic N) is 1. The standard InChI is InChI=1S/C14H20F2N2O/c1-18-6-5-10(9-18)7-17-8-13(19)14-11(15)3-2-4-12(14)16/h2-4,10,13,17,19H,5-9H2,1H3. The second-order valence-electron chi connectivity index (χ2n) is 5.23. The first-order valence-electron chi connectivity index (χ1n) is 6.59. The summed E-state index contributed by atoms with van der Waals surface area (Å²) in [7, 11) is 2.07. The minimum atomic E-state index is -1.15. The third-order valence-corrected chi connectivity index (χ3v) is 3.59. The van der Waals surface area contributed by atoms with Crippen molar-refractivity contribution >= 4 is 0 Å². The SMILES string of the molecule is CN1CCC(CNCC(O)c2c(F)cccc2F)C1. The first-order valence-corrected chi connectivity index (χ1v) is 6.59. The molecule has 2 rings (SSSR count). The molecule has 19 heavy (non-hydrogen) atoms. The highest BCUT2D eigenvalue weighted by atomic mass is 19.1. The summed E-state index contributed by atoms with van der Waals surface area (Å²) in [5.41, 5.74) is -0.251. The molecule has 0 amide bonds. The van der Waals surface area contributed by atoms with Crippen molar-refractivity contribution in [2.45, 2.75) is 12.5 Å². The molecule has 3 nitrogen and oxygen atoms in total. The van der Waals surface area contributed by atoms with Gasteiger partial charge in [-0.25, -0.2) is 8.78 Å². The van der Waals surface area contributed by atoms with Gasteiger partial charge < -0.3 is 15.3 Å². The molecule has 5 heteroatoms. The molecule has 1 aliphatic rings.